The average Bonchev–Trinajstić information content (AvgIpc) is 3.46. The number of fused-ring (bicyclic) bond motifs is 7. The van der Waals surface area contributed by atoms with Gasteiger partial charge >= 0.3 is 0 Å². The zero-order chi connectivity index (χ0) is 29.4. The molecule has 1 aliphatic heterocycles. The summed E-state index contributed by atoms with van der Waals surface area (Å²) in [5.74, 6) is 0.684. The number of ether oxygens (including phenoxy) is 3. The molecule has 1 aromatic carbocycles. The highest BCUT2D eigenvalue weighted by molar-refractivity contribution is 6.01. The zero-order valence-electron chi connectivity index (χ0n) is 23.7. The van der Waals surface area contributed by atoms with E-state index in [4.69, 9.17) is 19.9 Å². The Morgan fingerprint density at radius 2 is 2.05 bits per heavy atom. The lowest BCUT2D eigenvalue weighted by atomic mass is 9.46. The first-order valence-corrected chi connectivity index (χ1v) is 14.7. The Labute approximate surface area is 244 Å². The van der Waals surface area contributed by atoms with Crippen LogP contribution >= 0.6 is 0 Å². The zero-order valence-corrected chi connectivity index (χ0v) is 23.7. The van der Waals surface area contributed by atoms with Crippen LogP contribution in [-0.2, 0) is 19.1 Å². The summed E-state index contributed by atoms with van der Waals surface area (Å²) in [4.78, 5) is 30.4. The Kier molecular flexibility index (Phi) is 6.26. The maximum atomic E-state index is 13.7. The third kappa shape index (κ3) is 3.80. The Morgan fingerprint density at radius 1 is 1.21 bits per heavy atom. The number of hydrogen-bond acceptors (Lipinski definition) is 9. The number of carbonyl (C=O) groups is 2. The molecule has 9 nitrogen and oxygen atoms in total. The van der Waals surface area contributed by atoms with E-state index in [1.165, 1.54) is 0 Å². The number of rotatable bonds is 5. The standard InChI is InChI=1S/C33H36N2O7/c1-31-11-10-20(37)12-18(31)6-8-23-24-14-28-33(27(39)17-36,32(24,2)15-26(38)29(23)31)42-30(41-28)25-9-7-22(16-35-25)40-21-5-3-4-19(34)13-21/h3-5,7,9-13,16,23-24,26,28-30,36,38H,6,8,14-15,17,34H2,1-2H3/t23-,24-,26-,28+,29+,30+,31-,32-,33+/m0/s1. The van der Waals surface area contributed by atoms with Crippen LogP contribution in [0.3, 0.4) is 0 Å². The van der Waals surface area contributed by atoms with Crippen LogP contribution < -0.4 is 10.5 Å². The van der Waals surface area contributed by atoms with Crippen LogP contribution in [-0.4, -0.2) is 51.2 Å². The second kappa shape index (κ2) is 9.57. The molecule has 42 heavy (non-hydrogen) atoms. The lowest BCUT2D eigenvalue weighted by Crippen LogP contribution is -2.63. The van der Waals surface area contributed by atoms with Gasteiger partial charge in [0.25, 0.3) is 0 Å². The molecule has 7 rings (SSSR count). The van der Waals surface area contributed by atoms with Crippen molar-refractivity contribution >= 4 is 17.3 Å². The van der Waals surface area contributed by atoms with E-state index in [1.807, 2.05) is 13.0 Å². The Hall–Kier alpha value is -3.37. The molecule has 9 atom stereocenters. The second-order valence-corrected chi connectivity index (χ2v) is 12.9. The van der Waals surface area contributed by atoms with Crippen LogP contribution in [0, 0.1) is 28.6 Å². The van der Waals surface area contributed by atoms with Crippen molar-refractivity contribution in [1.29, 1.82) is 0 Å². The molecule has 220 valence electrons. The third-order valence-corrected chi connectivity index (χ3v) is 10.9. The maximum absolute atomic E-state index is 13.7. The second-order valence-electron chi connectivity index (χ2n) is 12.9. The van der Waals surface area contributed by atoms with Crippen molar-refractivity contribution in [2.24, 2.45) is 28.6 Å². The highest BCUT2D eigenvalue weighted by Crippen LogP contribution is 2.70. The Morgan fingerprint density at radius 3 is 2.79 bits per heavy atom. The normalized spacial score (nSPS) is 40.0. The molecule has 5 aliphatic rings. The number of hydrogen-bond donors (Lipinski definition) is 3. The molecular weight excluding hydrogens is 536 g/mol. The minimum absolute atomic E-state index is 0.00948. The average molecular weight is 573 g/mol. The van der Waals surface area contributed by atoms with Gasteiger partial charge in [-0.3, -0.25) is 14.6 Å². The Bertz CT molecular complexity index is 1500. The lowest BCUT2D eigenvalue weighted by molar-refractivity contribution is -0.201. The highest BCUT2D eigenvalue weighted by atomic mass is 16.7. The van der Waals surface area contributed by atoms with Crippen molar-refractivity contribution in [2.75, 3.05) is 12.3 Å². The van der Waals surface area contributed by atoms with Gasteiger partial charge in [-0.15, -0.1) is 0 Å². The summed E-state index contributed by atoms with van der Waals surface area (Å²) in [6, 6.07) is 10.6. The van der Waals surface area contributed by atoms with Gasteiger partial charge in [0.15, 0.2) is 17.2 Å². The van der Waals surface area contributed by atoms with Gasteiger partial charge in [0, 0.05) is 28.5 Å². The fraction of sp³-hybridized carbons (Fsp3) is 0.485. The number of aliphatic hydroxyl groups is 2. The number of pyridine rings is 1. The molecule has 9 heteroatoms. The minimum Gasteiger partial charge on any atom is -0.456 e. The summed E-state index contributed by atoms with van der Waals surface area (Å²) in [5, 5.41) is 22.0. The quantitative estimate of drug-likeness (QED) is 0.452. The Balaban J connectivity index is 1.18. The van der Waals surface area contributed by atoms with E-state index < -0.39 is 47.3 Å². The third-order valence-electron chi connectivity index (χ3n) is 10.9. The van der Waals surface area contributed by atoms with Gasteiger partial charge in [-0.05, 0) is 73.9 Å². The molecule has 1 saturated heterocycles. The predicted molar refractivity (Wildman–Crippen MR) is 152 cm³/mol. The summed E-state index contributed by atoms with van der Waals surface area (Å²) in [6.07, 6.45) is 7.09. The van der Waals surface area contributed by atoms with Crippen LogP contribution in [0.4, 0.5) is 5.69 Å². The van der Waals surface area contributed by atoms with E-state index in [0.717, 1.165) is 18.4 Å². The van der Waals surface area contributed by atoms with E-state index in [-0.39, 0.29) is 23.5 Å². The van der Waals surface area contributed by atoms with Crippen molar-refractivity contribution in [3.05, 3.63) is 72.1 Å². The van der Waals surface area contributed by atoms with Gasteiger partial charge in [0.2, 0.25) is 6.29 Å². The number of carbonyl (C=O) groups excluding carboxylic acids is 2. The van der Waals surface area contributed by atoms with Gasteiger partial charge in [-0.2, -0.15) is 0 Å². The van der Waals surface area contributed by atoms with Crippen molar-refractivity contribution < 1.29 is 34.0 Å². The molecule has 4 aliphatic carbocycles. The predicted octanol–water partition coefficient (Wildman–Crippen LogP) is 4.06. The molecule has 3 saturated carbocycles. The van der Waals surface area contributed by atoms with Gasteiger partial charge in [0.1, 0.15) is 18.1 Å². The smallest absolute Gasteiger partial charge is 0.202 e. The van der Waals surface area contributed by atoms with Crippen molar-refractivity contribution in [1.82, 2.24) is 4.98 Å². The molecule has 0 spiro atoms. The topological polar surface area (TPSA) is 141 Å². The molecule has 0 radical (unpaired) electrons. The van der Waals surface area contributed by atoms with Crippen LogP contribution in [0.1, 0.15) is 51.5 Å². The summed E-state index contributed by atoms with van der Waals surface area (Å²) in [7, 11) is 0. The number of aromatic nitrogens is 1. The largest absolute Gasteiger partial charge is 0.456 e. The SMILES string of the molecule is C[C@]12C=CC(=O)C=C1CC[C@@H]1[C@@H]2[C@@H](O)C[C@@]2(C)[C@H]1C[C@H]1O[C@@H](c3ccc(Oc4cccc(N)c4)cn3)O[C@]12C(=O)CO. The molecule has 4 fully saturated rings. The fourth-order valence-electron chi connectivity index (χ4n) is 9.12. The van der Waals surface area contributed by atoms with E-state index in [0.29, 0.717) is 35.7 Å². The fourth-order valence-corrected chi connectivity index (χ4v) is 9.12. The van der Waals surface area contributed by atoms with E-state index in [1.54, 1.807) is 54.7 Å². The highest BCUT2D eigenvalue weighted by Gasteiger charge is 2.76. The molecule has 0 unspecified atom stereocenters. The summed E-state index contributed by atoms with van der Waals surface area (Å²) in [5.41, 5.74) is 5.38. The molecule has 2 aromatic rings. The van der Waals surface area contributed by atoms with Crippen LogP contribution in [0.15, 0.2) is 66.4 Å². The first-order chi connectivity index (χ1) is 20.1. The van der Waals surface area contributed by atoms with Gasteiger partial charge < -0.3 is 30.2 Å². The number of nitrogen functional groups attached to an aromatic ring is 1. The van der Waals surface area contributed by atoms with Crippen molar-refractivity contribution in [2.45, 2.75) is 63.6 Å². The molecule has 4 N–H and O–H groups in total. The number of nitrogens with two attached hydrogens (primary N) is 1. The number of aliphatic hydroxyl groups excluding tert-OH is 2. The first kappa shape index (κ1) is 27.5. The molecule has 0 bridgehead atoms. The minimum atomic E-state index is -1.42. The summed E-state index contributed by atoms with van der Waals surface area (Å²) < 4.78 is 18.9. The number of benzene rings is 1. The van der Waals surface area contributed by atoms with Gasteiger partial charge in [-0.25, -0.2) is 0 Å². The number of Topliss-reactive ketones (excluding diaryl/α,β-unsaturated/α-hetero) is 1. The lowest BCUT2D eigenvalue weighted by Gasteiger charge is -2.59. The van der Waals surface area contributed by atoms with Gasteiger partial charge in [0.05, 0.1) is 24.1 Å². The van der Waals surface area contributed by atoms with Crippen molar-refractivity contribution in [3.8, 4) is 11.5 Å². The monoisotopic (exact) mass is 572 g/mol. The molecule has 1 aromatic heterocycles. The van der Waals surface area contributed by atoms with Crippen LogP contribution in [0.5, 0.6) is 11.5 Å². The number of anilines is 1. The van der Waals surface area contributed by atoms with E-state index in [2.05, 4.69) is 11.9 Å². The first-order valence-electron chi connectivity index (χ1n) is 14.7. The van der Waals surface area contributed by atoms with Crippen LogP contribution in [0.2, 0.25) is 0 Å². The molecule has 2 heterocycles. The summed E-state index contributed by atoms with van der Waals surface area (Å²) in [6.45, 7) is 3.44. The molecular formula is C33H36N2O7. The van der Waals surface area contributed by atoms with E-state index >= 15 is 0 Å². The maximum Gasteiger partial charge on any atom is 0.202 e. The van der Waals surface area contributed by atoms with Crippen LogP contribution in [0.25, 0.3) is 0 Å². The summed E-state index contributed by atoms with van der Waals surface area (Å²) >= 11 is 0. The van der Waals surface area contributed by atoms with Crippen molar-refractivity contribution in [3.63, 3.8) is 0 Å². The van der Waals surface area contributed by atoms with E-state index in [9.17, 15) is 19.8 Å². The number of ketones is 2. The molecule has 0 amide bonds. The number of nitrogens with zero attached hydrogens (tertiary/aromatic N) is 1. The van der Waals surface area contributed by atoms with Gasteiger partial charge in [-0.1, -0.05) is 31.6 Å². The number of allylic oxidation sites excluding steroid dienone is 4.